The normalized spacial score (nSPS) is 12.2. The molecule has 0 aromatic heterocycles. The summed E-state index contributed by atoms with van der Waals surface area (Å²) >= 11 is 3.42. The van der Waals surface area contributed by atoms with E-state index < -0.39 is 34.5 Å². The predicted molar refractivity (Wildman–Crippen MR) is 158 cm³/mol. The van der Waals surface area contributed by atoms with Crippen LogP contribution in [0.5, 0.6) is 0 Å². The Labute approximate surface area is 244 Å². The van der Waals surface area contributed by atoms with Crippen LogP contribution >= 0.6 is 15.9 Å². The number of nitrogens with zero attached hydrogens (tertiary/aromatic N) is 3. The van der Waals surface area contributed by atoms with Crippen molar-refractivity contribution >= 4 is 43.6 Å². The fourth-order valence-electron chi connectivity index (χ4n) is 4.03. The molecule has 3 rings (SSSR count). The van der Waals surface area contributed by atoms with Crippen LogP contribution in [0.1, 0.15) is 24.5 Å². The van der Waals surface area contributed by atoms with Gasteiger partial charge in [-0.05, 0) is 53.9 Å². The largest absolute Gasteiger partial charge is 0.354 e. The average Bonchev–Trinajstić information content (AvgIpc) is 2.94. The molecule has 0 saturated carbocycles. The number of halogens is 2. The highest BCUT2D eigenvalue weighted by atomic mass is 79.9. The molecule has 1 N–H and O–H groups in total. The summed E-state index contributed by atoms with van der Waals surface area (Å²) < 4.78 is 43.1. The Morgan fingerprint density at radius 3 is 2.12 bits per heavy atom. The molecule has 0 radical (unpaired) electrons. The topological polar surface area (TPSA) is 90.0 Å². The van der Waals surface area contributed by atoms with Crippen molar-refractivity contribution < 1.29 is 22.4 Å². The first-order valence-electron chi connectivity index (χ1n) is 12.8. The highest BCUT2D eigenvalue weighted by Crippen LogP contribution is 2.22. The summed E-state index contributed by atoms with van der Waals surface area (Å²) in [5.41, 5.74) is 1.74. The molecule has 3 aromatic rings. The van der Waals surface area contributed by atoms with E-state index in [1.54, 1.807) is 0 Å². The smallest absolute Gasteiger partial charge is 0.304 e. The molecule has 3 aromatic carbocycles. The van der Waals surface area contributed by atoms with Crippen molar-refractivity contribution in [2.24, 2.45) is 0 Å². The molecule has 0 bridgehead atoms. The molecule has 1 atom stereocenters. The molecule has 0 fully saturated rings. The Kier molecular flexibility index (Phi) is 11.2. The van der Waals surface area contributed by atoms with Crippen LogP contribution < -0.4 is 9.62 Å². The minimum absolute atomic E-state index is 0.0719. The monoisotopic (exact) mass is 632 g/mol. The lowest BCUT2D eigenvalue weighted by Crippen LogP contribution is -2.54. The average molecular weight is 634 g/mol. The number of nitrogens with one attached hydrogen (secondary N) is 1. The number of amides is 2. The molecule has 0 aliphatic carbocycles. The third-order valence-electron chi connectivity index (χ3n) is 6.22. The van der Waals surface area contributed by atoms with E-state index in [0.717, 1.165) is 36.3 Å². The number of rotatable bonds is 13. The summed E-state index contributed by atoms with van der Waals surface area (Å²) in [6, 6.07) is 20.6. The minimum atomic E-state index is -4.14. The maximum absolute atomic E-state index is 14.1. The van der Waals surface area contributed by atoms with Crippen LogP contribution in [0.3, 0.4) is 0 Å². The molecule has 0 heterocycles. The van der Waals surface area contributed by atoms with Crippen LogP contribution in [0, 0.1) is 5.82 Å². The van der Waals surface area contributed by atoms with Gasteiger partial charge in [-0.15, -0.1) is 0 Å². The maximum Gasteiger partial charge on any atom is 0.304 e. The summed E-state index contributed by atoms with van der Waals surface area (Å²) in [5, 5.41) is 2.90. The third kappa shape index (κ3) is 8.36. The Hall–Kier alpha value is -3.28. The summed E-state index contributed by atoms with van der Waals surface area (Å²) in [4.78, 5) is 29.0. The molecule has 8 nitrogen and oxygen atoms in total. The molecule has 0 aliphatic rings. The Morgan fingerprint density at radius 2 is 1.55 bits per heavy atom. The summed E-state index contributed by atoms with van der Waals surface area (Å²) in [6.45, 7) is 1.85. The quantitative estimate of drug-likeness (QED) is 0.303. The van der Waals surface area contributed by atoms with E-state index >= 15 is 0 Å². The fourth-order valence-corrected chi connectivity index (χ4v) is 5.35. The fraction of sp³-hybridized carbons (Fsp3) is 0.310. The molecule has 0 aliphatic heterocycles. The zero-order valence-corrected chi connectivity index (χ0v) is 25.2. The van der Waals surface area contributed by atoms with Gasteiger partial charge < -0.3 is 10.2 Å². The van der Waals surface area contributed by atoms with Gasteiger partial charge in [0, 0.05) is 38.1 Å². The van der Waals surface area contributed by atoms with E-state index in [9.17, 15) is 22.4 Å². The SMILES string of the molecule is CCCNC(=O)[C@@H](Cc1ccccc1)N(Cc1ccc(Br)cc1)C(=O)CN(c1ccc(F)cc1)S(=O)(=O)N(C)C. The van der Waals surface area contributed by atoms with Crippen LogP contribution in [-0.4, -0.2) is 62.7 Å². The highest BCUT2D eigenvalue weighted by molar-refractivity contribution is 9.10. The van der Waals surface area contributed by atoms with Gasteiger partial charge in [-0.3, -0.25) is 9.59 Å². The van der Waals surface area contributed by atoms with E-state index in [-0.39, 0.29) is 24.6 Å². The second-order valence-corrected chi connectivity index (χ2v) is 12.4. The van der Waals surface area contributed by atoms with Crippen molar-refractivity contribution in [2.75, 3.05) is 31.5 Å². The van der Waals surface area contributed by atoms with E-state index in [2.05, 4.69) is 21.2 Å². The molecule has 0 saturated heterocycles. The van der Waals surface area contributed by atoms with Crippen LogP contribution in [0.15, 0.2) is 83.3 Å². The molecular formula is C29H34BrFN4O4S. The number of hydrogen-bond acceptors (Lipinski definition) is 4. The van der Waals surface area contributed by atoms with Crippen molar-refractivity contribution in [3.8, 4) is 0 Å². The zero-order chi connectivity index (χ0) is 29.3. The number of hydrogen-bond donors (Lipinski definition) is 1. The first-order chi connectivity index (χ1) is 19.0. The number of carbonyl (C=O) groups is 2. The van der Waals surface area contributed by atoms with Crippen molar-refractivity contribution in [1.82, 2.24) is 14.5 Å². The second-order valence-electron chi connectivity index (χ2n) is 9.42. The Balaban J connectivity index is 2.06. The van der Waals surface area contributed by atoms with Gasteiger partial charge in [0.1, 0.15) is 18.4 Å². The molecule has 11 heteroatoms. The zero-order valence-electron chi connectivity index (χ0n) is 22.8. The maximum atomic E-state index is 14.1. The first-order valence-corrected chi connectivity index (χ1v) is 15.0. The second kappa shape index (κ2) is 14.4. The van der Waals surface area contributed by atoms with Crippen LogP contribution in [0.25, 0.3) is 0 Å². The van der Waals surface area contributed by atoms with Crippen molar-refractivity contribution in [1.29, 1.82) is 0 Å². The lowest BCUT2D eigenvalue weighted by Gasteiger charge is -2.34. The summed E-state index contributed by atoms with van der Waals surface area (Å²) in [6.07, 6.45) is 0.944. The van der Waals surface area contributed by atoms with Gasteiger partial charge in [-0.25, -0.2) is 8.70 Å². The third-order valence-corrected chi connectivity index (χ3v) is 8.57. The van der Waals surface area contributed by atoms with Gasteiger partial charge in [0.15, 0.2) is 0 Å². The number of carbonyl (C=O) groups excluding carboxylic acids is 2. The van der Waals surface area contributed by atoms with Crippen LogP contribution in [0.4, 0.5) is 10.1 Å². The Bertz CT molecular complexity index is 1370. The standard InChI is InChI=1S/C29H34BrFN4O4S/c1-4-18-32-29(37)27(19-22-8-6-5-7-9-22)34(20-23-10-12-24(30)13-11-23)28(36)21-35(40(38,39)33(2)3)26-16-14-25(31)15-17-26/h5-17,27H,4,18-21H2,1-3H3,(H,32,37)/t27-/m1/s1. The van der Waals surface area contributed by atoms with Crippen LogP contribution in [-0.2, 0) is 32.8 Å². The Morgan fingerprint density at radius 1 is 0.925 bits per heavy atom. The molecule has 214 valence electrons. The van der Waals surface area contributed by atoms with Crippen molar-refractivity contribution in [3.05, 3.63) is 100 Å². The molecule has 0 spiro atoms. The van der Waals surface area contributed by atoms with Crippen molar-refractivity contribution in [2.45, 2.75) is 32.4 Å². The first kappa shape index (κ1) is 31.3. The highest BCUT2D eigenvalue weighted by Gasteiger charge is 2.34. The summed E-state index contributed by atoms with van der Waals surface area (Å²) in [7, 11) is -1.43. The lowest BCUT2D eigenvalue weighted by atomic mass is 10.0. The van der Waals surface area contributed by atoms with Gasteiger partial charge in [0.2, 0.25) is 11.8 Å². The van der Waals surface area contributed by atoms with E-state index in [4.69, 9.17) is 0 Å². The van der Waals surface area contributed by atoms with Crippen molar-refractivity contribution in [3.63, 3.8) is 0 Å². The van der Waals surface area contributed by atoms with Crippen LogP contribution in [0.2, 0.25) is 0 Å². The van der Waals surface area contributed by atoms with E-state index in [0.29, 0.717) is 13.0 Å². The van der Waals surface area contributed by atoms with E-state index in [1.165, 1.54) is 31.1 Å². The molecule has 2 amide bonds. The van der Waals surface area contributed by atoms with Gasteiger partial charge in [0.25, 0.3) is 0 Å². The predicted octanol–water partition coefficient (Wildman–Crippen LogP) is 4.37. The molecule has 40 heavy (non-hydrogen) atoms. The minimum Gasteiger partial charge on any atom is -0.354 e. The summed E-state index contributed by atoms with van der Waals surface area (Å²) in [5.74, 6) is -1.45. The van der Waals surface area contributed by atoms with Gasteiger partial charge in [0.05, 0.1) is 5.69 Å². The van der Waals surface area contributed by atoms with Gasteiger partial charge in [-0.1, -0.05) is 65.3 Å². The molecular weight excluding hydrogens is 599 g/mol. The number of benzene rings is 3. The molecule has 0 unspecified atom stereocenters. The lowest BCUT2D eigenvalue weighted by molar-refractivity contribution is -0.140. The van der Waals surface area contributed by atoms with E-state index in [1.807, 2.05) is 61.5 Å². The van der Waals surface area contributed by atoms with Gasteiger partial charge in [-0.2, -0.15) is 12.7 Å². The number of anilines is 1. The van der Waals surface area contributed by atoms with Gasteiger partial charge >= 0.3 is 10.2 Å².